The van der Waals surface area contributed by atoms with E-state index in [4.69, 9.17) is 14.2 Å². The Morgan fingerprint density at radius 3 is 2.74 bits per heavy atom. The van der Waals surface area contributed by atoms with Crippen LogP contribution < -0.4 is 14.2 Å². The lowest BCUT2D eigenvalue weighted by molar-refractivity contribution is 0.125. The quantitative estimate of drug-likeness (QED) is 0.848. The molecular weight excluding hydrogens is 318 g/mol. The van der Waals surface area contributed by atoms with Gasteiger partial charge in [0, 0.05) is 7.11 Å². The number of methoxy groups -OCH3 is 2. The molecule has 1 atom stereocenters. The zero-order chi connectivity index (χ0) is 16.5. The van der Waals surface area contributed by atoms with Crippen LogP contribution in [0.1, 0.15) is 24.8 Å². The zero-order valence-corrected chi connectivity index (χ0v) is 14.3. The fraction of sp³-hybridized carbons (Fsp3) is 0.625. The number of fused-ring (bicyclic) bond motifs is 1. The molecule has 1 heterocycles. The van der Waals surface area contributed by atoms with Crippen LogP contribution in [0, 0.1) is 0 Å². The van der Waals surface area contributed by atoms with E-state index in [9.17, 15) is 8.42 Å². The standard InChI is InChI=1S/C16H23NO5S/c1-20-11-16(7-4-8-16)23(18,19)17-13-9-12-5-3-6-14(21-2)15(12)22-10-13/h3,5-6,13,17H,4,7-11H2,1-2H3. The first kappa shape index (κ1) is 16.5. The number of ether oxygens (including phenoxy) is 3. The van der Waals surface area contributed by atoms with E-state index >= 15 is 0 Å². The van der Waals surface area contributed by atoms with E-state index in [1.165, 1.54) is 0 Å². The Kier molecular flexibility index (Phi) is 4.53. The van der Waals surface area contributed by atoms with Crippen molar-refractivity contribution in [1.82, 2.24) is 4.72 Å². The fourth-order valence-corrected chi connectivity index (χ4v) is 5.24. The molecule has 1 unspecified atom stereocenters. The predicted octanol–water partition coefficient (Wildman–Crippen LogP) is 1.49. The molecule has 2 aliphatic rings. The van der Waals surface area contributed by atoms with Crippen molar-refractivity contribution in [1.29, 1.82) is 0 Å². The normalized spacial score (nSPS) is 22.6. The molecular formula is C16H23NO5S. The minimum absolute atomic E-state index is 0.236. The summed E-state index contributed by atoms with van der Waals surface area (Å²) in [5.41, 5.74) is 0.956. The molecule has 1 saturated carbocycles. The Morgan fingerprint density at radius 2 is 2.13 bits per heavy atom. The lowest BCUT2D eigenvalue weighted by Crippen LogP contribution is -2.57. The van der Waals surface area contributed by atoms with Crippen LogP contribution in [0.4, 0.5) is 0 Å². The number of para-hydroxylation sites is 1. The van der Waals surface area contributed by atoms with Gasteiger partial charge in [-0.3, -0.25) is 0 Å². The summed E-state index contributed by atoms with van der Waals surface area (Å²) in [5, 5.41) is 0. The summed E-state index contributed by atoms with van der Waals surface area (Å²) in [7, 11) is -0.312. The Morgan fingerprint density at radius 1 is 1.35 bits per heavy atom. The molecule has 0 spiro atoms. The Labute approximate surface area is 137 Å². The van der Waals surface area contributed by atoms with Crippen molar-refractivity contribution in [2.24, 2.45) is 0 Å². The van der Waals surface area contributed by atoms with Crippen molar-refractivity contribution in [3.05, 3.63) is 23.8 Å². The average Bonchev–Trinajstić information content (AvgIpc) is 2.49. The van der Waals surface area contributed by atoms with Gasteiger partial charge in [-0.05, 0) is 30.9 Å². The third kappa shape index (κ3) is 2.93. The first-order valence-corrected chi connectivity index (χ1v) is 9.29. The highest BCUT2D eigenvalue weighted by Crippen LogP contribution is 2.40. The number of rotatable bonds is 6. The number of hydrogen-bond donors (Lipinski definition) is 1. The van der Waals surface area contributed by atoms with Gasteiger partial charge >= 0.3 is 0 Å². The highest BCUT2D eigenvalue weighted by atomic mass is 32.2. The largest absolute Gasteiger partial charge is 0.493 e. The van der Waals surface area contributed by atoms with Gasteiger partial charge in [-0.2, -0.15) is 0 Å². The Bertz CT molecular complexity index is 669. The summed E-state index contributed by atoms with van der Waals surface area (Å²) in [6, 6.07) is 5.39. The molecule has 1 aromatic rings. The summed E-state index contributed by atoms with van der Waals surface area (Å²) in [5.74, 6) is 1.39. The van der Waals surface area contributed by atoms with Crippen molar-refractivity contribution in [3.8, 4) is 11.5 Å². The van der Waals surface area contributed by atoms with E-state index in [-0.39, 0.29) is 12.6 Å². The molecule has 1 N–H and O–H groups in total. The van der Waals surface area contributed by atoms with Gasteiger partial charge in [0.15, 0.2) is 11.5 Å². The molecule has 0 bridgehead atoms. The molecule has 128 valence electrons. The fourth-order valence-electron chi connectivity index (χ4n) is 3.30. The van der Waals surface area contributed by atoms with Gasteiger partial charge in [0.05, 0.1) is 19.8 Å². The van der Waals surface area contributed by atoms with Gasteiger partial charge in [0.1, 0.15) is 11.4 Å². The van der Waals surface area contributed by atoms with Gasteiger partial charge in [-0.15, -0.1) is 0 Å². The highest BCUT2D eigenvalue weighted by molar-refractivity contribution is 7.91. The maximum absolute atomic E-state index is 12.8. The summed E-state index contributed by atoms with van der Waals surface area (Å²) < 4.78 is 43.7. The zero-order valence-electron chi connectivity index (χ0n) is 13.5. The third-order valence-corrected chi connectivity index (χ3v) is 7.05. The third-order valence-electron chi connectivity index (χ3n) is 4.74. The summed E-state index contributed by atoms with van der Waals surface area (Å²) in [4.78, 5) is 0. The molecule has 1 aliphatic carbocycles. The Hall–Kier alpha value is -1.31. The molecule has 1 aromatic carbocycles. The van der Waals surface area contributed by atoms with Crippen molar-refractivity contribution >= 4 is 10.0 Å². The smallest absolute Gasteiger partial charge is 0.220 e. The maximum Gasteiger partial charge on any atom is 0.220 e. The molecule has 3 rings (SSSR count). The molecule has 23 heavy (non-hydrogen) atoms. The molecule has 7 heteroatoms. The van der Waals surface area contributed by atoms with Crippen LogP contribution in [0.2, 0.25) is 0 Å². The molecule has 0 amide bonds. The van der Waals surface area contributed by atoms with Crippen LogP contribution in [-0.2, 0) is 21.2 Å². The van der Waals surface area contributed by atoms with Crippen LogP contribution >= 0.6 is 0 Å². The second-order valence-corrected chi connectivity index (χ2v) is 8.36. The second-order valence-electron chi connectivity index (χ2n) is 6.25. The number of benzene rings is 1. The Balaban J connectivity index is 1.74. The van der Waals surface area contributed by atoms with Crippen molar-refractivity contribution in [2.75, 3.05) is 27.4 Å². The minimum atomic E-state index is -3.45. The lowest BCUT2D eigenvalue weighted by Gasteiger charge is -2.41. The van der Waals surface area contributed by atoms with Crippen LogP contribution in [0.5, 0.6) is 11.5 Å². The summed E-state index contributed by atoms with van der Waals surface area (Å²) >= 11 is 0. The van der Waals surface area contributed by atoms with E-state index in [1.807, 2.05) is 18.2 Å². The molecule has 0 aromatic heterocycles. The van der Waals surface area contributed by atoms with Gasteiger partial charge in [0.25, 0.3) is 0 Å². The SMILES string of the molecule is COCC1(S(=O)(=O)NC2COc3c(cccc3OC)C2)CCC1. The number of hydrogen-bond acceptors (Lipinski definition) is 5. The monoisotopic (exact) mass is 341 g/mol. The molecule has 6 nitrogen and oxygen atoms in total. The molecule has 1 aliphatic heterocycles. The summed E-state index contributed by atoms with van der Waals surface area (Å²) in [6.45, 7) is 0.538. The maximum atomic E-state index is 12.8. The first-order valence-electron chi connectivity index (χ1n) is 7.81. The lowest BCUT2D eigenvalue weighted by atomic mass is 9.85. The molecule has 1 fully saturated rings. The van der Waals surface area contributed by atoms with Crippen LogP contribution in [0.3, 0.4) is 0 Å². The van der Waals surface area contributed by atoms with Crippen molar-refractivity contribution in [3.63, 3.8) is 0 Å². The van der Waals surface area contributed by atoms with Crippen molar-refractivity contribution in [2.45, 2.75) is 36.5 Å². The summed E-state index contributed by atoms with van der Waals surface area (Å²) in [6.07, 6.45) is 2.81. The highest BCUT2D eigenvalue weighted by Gasteiger charge is 2.49. The second kappa shape index (κ2) is 6.30. The molecule has 0 radical (unpaired) electrons. The number of sulfonamides is 1. The van der Waals surface area contributed by atoms with E-state index < -0.39 is 14.8 Å². The molecule has 0 saturated heterocycles. The van der Waals surface area contributed by atoms with E-state index in [0.29, 0.717) is 37.4 Å². The minimum Gasteiger partial charge on any atom is -0.493 e. The van der Waals surface area contributed by atoms with E-state index in [2.05, 4.69) is 4.72 Å². The van der Waals surface area contributed by atoms with Gasteiger partial charge in [0.2, 0.25) is 10.0 Å². The van der Waals surface area contributed by atoms with Crippen LogP contribution in [0.15, 0.2) is 18.2 Å². The van der Waals surface area contributed by atoms with Gasteiger partial charge < -0.3 is 14.2 Å². The van der Waals surface area contributed by atoms with Crippen LogP contribution in [0.25, 0.3) is 0 Å². The predicted molar refractivity (Wildman–Crippen MR) is 86.5 cm³/mol. The number of nitrogens with one attached hydrogen (secondary N) is 1. The van der Waals surface area contributed by atoms with Crippen molar-refractivity contribution < 1.29 is 22.6 Å². The average molecular weight is 341 g/mol. The van der Waals surface area contributed by atoms with E-state index in [1.54, 1.807) is 14.2 Å². The topological polar surface area (TPSA) is 73.9 Å². The van der Waals surface area contributed by atoms with E-state index in [0.717, 1.165) is 12.0 Å². The first-order chi connectivity index (χ1) is 11.0. The van der Waals surface area contributed by atoms with Gasteiger partial charge in [-0.1, -0.05) is 18.6 Å². The van der Waals surface area contributed by atoms with Gasteiger partial charge in [-0.25, -0.2) is 13.1 Å². The van der Waals surface area contributed by atoms with Crippen LogP contribution in [-0.4, -0.2) is 46.6 Å².